The molecule has 5 aromatic carbocycles. The summed E-state index contributed by atoms with van der Waals surface area (Å²) >= 11 is 0. The van der Waals surface area contributed by atoms with Gasteiger partial charge in [-0.15, -0.1) is 54.1 Å². The van der Waals surface area contributed by atoms with Crippen LogP contribution < -0.4 is 0 Å². The summed E-state index contributed by atoms with van der Waals surface area (Å²) in [6.07, 6.45) is 1.36. The molecule has 0 bridgehead atoms. The molecular formula is C49H49IrN3O-2. The van der Waals surface area contributed by atoms with Crippen LogP contribution in [0.2, 0.25) is 0 Å². The van der Waals surface area contributed by atoms with Crippen molar-refractivity contribution >= 4 is 33.0 Å². The van der Waals surface area contributed by atoms with Crippen LogP contribution in [0.4, 0.5) is 0 Å². The van der Waals surface area contributed by atoms with Crippen LogP contribution in [0.3, 0.4) is 0 Å². The van der Waals surface area contributed by atoms with E-state index in [4.69, 9.17) is 14.9 Å². The molecule has 1 radical (unpaired) electrons. The average molecular weight is 892 g/mol. The number of imidazole rings is 1. The summed E-state index contributed by atoms with van der Waals surface area (Å²) in [4.78, 5) is 9.41. The Balaban J connectivity index is 0.000000230. The molecule has 0 saturated heterocycles. The fraction of sp³-hybridized carbons (Fsp3) is 0.265. The molecule has 0 spiro atoms. The van der Waals surface area contributed by atoms with Gasteiger partial charge in [-0.05, 0) is 82.2 Å². The molecule has 0 aliphatic rings. The number of aryl methyl sites for hydroxylation is 1. The average Bonchev–Trinajstić information content (AvgIpc) is 3.75. The summed E-state index contributed by atoms with van der Waals surface area (Å²) in [7, 11) is 0. The molecule has 8 aromatic rings. The summed E-state index contributed by atoms with van der Waals surface area (Å²) < 4.78 is 39.8. The maximum Gasteiger partial charge on any atom is 0.121 e. The first-order valence-electron chi connectivity index (χ1n) is 20.5. The Labute approximate surface area is 339 Å². The largest absolute Gasteiger partial charge is 0.501 e. The molecule has 0 atom stereocenters. The van der Waals surface area contributed by atoms with Gasteiger partial charge in [0.15, 0.2) is 0 Å². The maximum absolute atomic E-state index is 8.16. The van der Waals surface area contributed by atoms with Crippen LogP contribution >= 0.6 is 0 Å². The van der Waals surface area contributed by atoms with Crippen LogP contribution in [0.1, 0.15) is 112 Å². The molecule has 277 valence electrons. The van der Waals surface area contributed by atoms with Crippen molar-refractivity contribution in [2.24, 2.45) is 0 Å². The minimum Gasteiger partial charge on any atom is -0.501 e. The SMILES string of the molecule is CC(C)c1ccc2c(c1)oc1c(-c3nc4ccccc4n3-c3c(C(C)C)cccc3C(C)C)[c-]ccc12.[2H]C([2H])([2H])c1cnc(-c2[c-]cccc2)cc1C([2H])(C)C.[Ir]. The van der Waals surface area contributed by atoms with Gasteiger partial charge in [0.05, 0.1) is 22.4 Å². The van der Waals surface area contributed by atoms with Crippen LogP contribution in [0, 0.1) is 19.0 Å². The number of pyridine rings is 1. The first-order chi connectivity index (χ1) is 27.0. The number of hydrogen-bond acceptors (Lipinski definition) is 3. The Morgan fingerprint density at radius 2 is 1.46 bits per heavy atom. The number of para-hydroxylation sites is 3. The van der Waals surface area contributed by atoms with Gasteiger partial charge in [-0.1, -0.05) is 115 Å². The van der Waals surface area contributed by atoms with Crippen molar-refractivity contribution in [3.63, 3.8) is 0 Å². The van der Waals surface area contributed by atoms with Gasteiger partial charge in [0.25, 0.3) is 0 Å². The van der Waals surface area contributed by atoms with Crippen LogP contribution in [0.5, 0.6) is 0 Å². The second kappa shape index (κ2) is 16.3. The van der Waals surface area contributed by atoms with E-state index in [9.17, 15) is 0 Å². The van der Waals surface area contributed by atoms with E-state index in [2.05, 4.69) is 130 Å². The standard InChI is InChI=1S/C34H33N2O.C15H16N.Ir/c1-20(2)23-17-18-26-27-13-10-14-28(33(27)37-31(26)19-23)34-35-29-15-7-8-16-30(29)36(34)32-24(21(3)4)11-9-12-25(32)22(5)6;1-11(2)14-9-15(16-10-12(14)3)13-7-5-4-6-8-13;/h7-13,15-22H,1-6H3;4-7,9-11H,1-3H3;/q2*-1;/i;3D3,11D;. The molecule has 54 heavy (non-hydrogen) atoms. The molecule has 4 nitrogen and oxygen atoms in total. The summed E-state index contributed by atoms with van der Waals surface area (Å²) in [6, 6.07) is 41.4. The van der Waals surface area contributed by atoms with Gasteiger partial charge >= 0.3 is 0 Å². The molecule has 3 aromatic heterocycles. The number of aromatic nitrogens is 3. The van der Waals surface area contributed by atoms with Gasteiger partial charge in [0.2, 0.25) is 0 Å². The fourth-order valence-electron chi connectivity index (χ4n) is 7.04. The first kappa shape index (κ1) is 33.7. The van der Waals surface area contributed by atoms with Crippen molar-refractivity contribution in [2.75, 3.05) is 0 Å². The Hall–Kier alpha value is -4.83. The number of nitrogens with zero attached hydrogens (tertiary/aromatic N) is 3. The molecule has 8 rings (SSSR count). The zero-order valence-electron chi connectivity index (χ0n) is 36.2. The molecule has 0 fully saturated rings. The van der Waals surface area contributed by atoms with Crippen molar-refractivity contribution < 1.29 is 30.0 Å². The number of benzene rings is 5. The van der Waals surface area contributed by atoms with Gasteiger partial charge < -0.3 is 14.0 Å². The molecular weight excluding hydrogens is 839 g/mol. The summed E-state index contributed by atoms with van der Waals surface area (Å²) in [5.41, 5.74) is 11.9. The number of hydrogen-bond donors (Lipinski definition) is 0. The van der Waals surface area contributed by atoms with E-state index >= 15 is 0 Å². The summed E-state index contributed by atoms with van der Waals surface area (Å²) in [6.45, 7) is 14.6. The zero-order valence-corrected chi connectivity index (χ0v) is 34.6. The Bertz CT molecular complexity index is 2680. The normalized spacial score (nSPS) is 13.1. The van der Waals surface area contributed by atoms with Gasteiger partial charge in [0, 0.05) is 42.9 Å². The molecule has 0 saturated carbocycles. The number of rotatable bonds is 7. The van der Waals surface area contributed by atoms with E-state index in [-0.39, 0.29) is 25.7 Å². The second-order valence-corrected chi connectivity index (χ2v) is 14.9. The molecule has 0 aliphatic heterocycles. The molecule has 0 aliphatic carbocycles. The van der Waals surface area contributed by atoms with Crippen molar-refractivity contribution in [1.29, 1.82) is 0 Å². The van der Waals surface area contributed by atoms with Crippen LogP contribution in [-0.4, -0.2) is 14.5 Å². The minimum atomic E-state index is -2.26. The van der Waals surface area contributed by atoms with Crippen LogP contribution in [0.25, 0.3) is 61.3 Å². The van der Waals surface area contributed by atoms with E-state index in [0.717, 1.165) is 49.9 Å². The summed E-state index contributed by atoms with van der Waals surface area (Å²) in [5, 5.41) is 2.22. The van der Waals surface area contributed by atoms with E-state index < -0.39 is 12.7 Å². The number of fused-ring (bicyclic) bond motifs is 4. The third kappa shape index (κ3) is 7.45. The monoisotopic (exact) mass is 892 g/mol. The molecule has 0 unspecified atom stereocenters. The maximum atomic E-state index is 8.16. The van der Waals surface area contributed by atoms with E-state index in [1.165, 1.54) is 28.6 Å². The Kier molecular flexibility index (Phi) is 10.2. The molecule has 0 N–H and O–H groups in total. The predicted octanol–water partition coefficient (Wildman–Crippen LogP) is 13.7. The van der Waals surface area contributed by atoms with Crippen LogP contribution in [0.15, 0.2) is 114 Å². The first-order valence-corrected chi connectivity index (χ1v) is 18.5. The van der Waals surface area contributed by atoms with Gasteiger partial charge in [-0.2, -0.15) is 0 Å². The van der Waals surface area contributed by atoms with Crippen molar-refractivity contribution in [3.05, 3.63) is 149 Å². The summed E-state index contributed by atoms with van der Waals surface area (Å²) in [5.74, 6) is 1.03. The van der Waals surface area contributed by atoms with Crippen molar-refractivity contribution in [1.82, 2.24) is 14.5 Å². The molecule has 3 heterocycles. The van der Waals surface area contributed by atoms with Crippen LogP contribution in [-0.2, 0) is 20.1 Å². The Morgan fingerprint density at radius 1 is 0.722 bits per heavy atom. The third-order valence-electron chi connectivity index (χ3n) is 9.90. The number of furan rings is 1. The zero-order chi connectivity index (χ0) is 40.8. The van der Waals surface area contributed by atoms with E-state index in [1.807, 2.05) is 24.3 Å². The molecule has 5 heteroatoms. The third-order valence-corrected chi connectivity index (χ3v) is 9.90. The fourth-order valence-corrected chi connectivity index (χ4v) is 7.04. The minimum absolute atomic E-state index is 0. The van der Waals surface area contributed by atoms with E-state index in [1.54, 1.807) is 26.0 Å². The van der Waals surface area contributed by atoms with E-state index in [0.29, 0.717) is 29.0 Å². The Morgan fingerprint density at radius 3 is 2.13 bits per heavy atom. The quantitative estimate of drug-likeness (QED) is 0.150. The van der Waals surface area contributed by atoms with Gasteiger partial charge in [0.1, 0.15) is 5.58 Å². The van der Waals surface area contributed by atoms with Gasteiger partial charge in [-0.3, -0.25) is 4.98 Å². The predicted molar refractivity (Wildman–Crippen MR) is 222 cm³/mol. The smallest absolute Gasteiger partial charge is 0.121 e. The topological polar surface area (TPSA) is 43.9 Å². The second-order valence-electron chi connectivity index (χ2n) is 14.9. The van der Waals surface area contributed by atoms with Crippen molar-refractivity contribution in [3.8, 4) is 28.3 Å². The van der Waals surface area contributed by atoms with Crippen molar-refractivity contribution in [2.45, 2.75) is 85.9 Å². The van der Waals surface area contributed by atoms with Gasteiger partial charge in [-0.25, -0.2) is 0 Å². The molecule has 0 amide bonds.